The van der Waals surface area contributed by atoms with Crippen LogP contribution in [0, 0.1) is 11.7 Å². The van der Waals surface area contributed by atoms with E-state index in [4.69, 9.17) is 4.74 Å². The van der Waals surface area contributed by atoms with Crippen LogP contribution in [0.25, 0.3) is 0 Å². The van der Waals surface area contributed by atoms with E-state index in [1.54, 1.807) is 4.90 Å². The molecule has 7 heteroatoms. The number of urea groups is 1. The first kappa shape index (κ1) is 17.5. The summed E-state index contributed by atoms with van der Waals surface area (Å²) in [5.74, 6) is -0.738. The van der Waals surface area contributed by atoms with Gasteiger partial charge in [0.15, 0.2) is 0 Å². The average Bonchev–Trinajstić information content (AvgIpc) is 2.98. The second kappa shape index (κ2) is 7.36. The predicted molar refractivity (Wildman–Crippen MR) is 98.8 cm³/mol. The molecule has 2 N–H and O–H groups in total. The fourth-order valence-corrected chi connectivity index (χ4v) is 3.59. The molecule has 2 heterocycles. The van der Waals surface area contributed by atoms with E-state index in [-0.39, 0.29) is 35.9 Å². The van der Waals surface area contributed by atoms with Crippen LogP contribution in [0.15, 0.2) is 54.6 Å². The molecular weight excluding hydrogens is 349 g/mol. The molecule has 2 aliphatic heterocycles. The lowest BCUT2D eigenvalue weighted by Gasteiger charge is -2.32. The SMILES string of the molecule is O=C(Nc1ccccc1)C1CC2CN(C(=O)Nc3ccc(F)cc3)CC1O2. The topological polar surface area (TPSA) is 70.7 Å². The number of hydrogen-bond donors (Lipinski definition) is 2. The van der Waals surface area contributed by atoms with Crippen molar-refractivity contribution in [2.75, 3.05) is 23.7 Å². The van der Waals surface area contributed by atoms with Crippen LogP contribution in [0.2, 0.25) is 0 Å². The lowest BCUT2D eigenvalue weighted by atomic mass is 9.99. The van der Waals surface area contributed by atoms with Crippen molar-refractivity contribution < 1.29 is 18.7 Å². The van der Waals surface area contributed by atoms with Crippen LogP contribution in [0.5, 0.6) is 0 Å². The normalized spacial score (nSPS) is 23.7. The van der Waals surface area contributed by atoms with E-state index in [1.807, 2.05) is 30.3 Å². The second-order valence-electron chi connectivity index (χ2n) is 6.84. The van der Waals surface area contributed by atoms with E-state index in [9.17, 15) is 14.0 Å². The quantitative estimate of drug-likeness (QED) is 0.873. The molecule has 3 atom stereocenters. The van der Waals surface area contributed by atoms with E-state index in [2.05, 4.69) is 10.6 Å². The number of nitrogens with one attached hydrogen (secondary N) is 2. The van der Waals surface area contributed by atoms with Crippen molar-refractivity contribution in [3.8, 4) is 0 Å². The van der Waals surface area contributed by atoms with Crippen molar-refractivity contribution in [2.24, 2.45) is 5.92 Å². The number of fused-ring (bicyclic) bond motifs is 2. The fraction of sp³-hybridized carbons (Fsp3) is 0.300. The molecule has 0 radical (unpaired) electrons. The number of ether oxygens (including phenoxy) is 1. The molecule has 2 bridgehead atoms. The minimum Gasteiger partial charge on any atom is -0.370 e. The van der Waals surface area contributed by atoms with Gasteiger partial charge in [-0.1, -0.05) is 18.2 Å². The molecule has 4 rings (SSSR count). The number of nitrogens with zero attached hydrogens (tertiary/aromatic N) is 1. The Balaban J connectivity index is 1.37. The summed E-state index contributed by atoms with van der Waals surface area (Å²) in [4.78, 5) is 26.8. The fourth-order valence-electron chi connectivity index (χ4n) is 3.59. The van der Waals surface area contributed by atoms with E-state index in [0.29, 0.717) is 25.2 Å². The third kappa shape index (κ3) is 3.93. The zero-order valence-electron chi connectivity index (χ0n) is 14.6. The number of rotatable bonds is 3. The number of halogens is 1. The maximum Gasteiger partial charge on any atom is 0.322 e. The third-order valence-corrected chi connectivity index (χ3v) is 4.92. The highest BCUT2D eigenvalue weighted by Crippen LogP contribution is 2.33. The Morgan fingerprint density at radius 2 is 1.67 bits per heavy atom. The molecule has 3 unspecified atom stereocenters. The van der Waals surface area contributed by atoms with Crippen molar-refractivity contribution in [2.45, 2.75) is 18.6 Å². The lowest BCUT2D eigenvalue weighted by molar-refractivity contribution is -0.122. The van der Waals surface area contributed by atoms with Crippen LogP contribution in [0.4, 0.5) is 20.6 Å². The van der Waals surface area contributed by atoms with Crippen LogP contribution in [0.1, 0.15) is 6.42 Å². The Morgan fingerprint density at radius 3 is 2.41 bits per heavy atom. The van der Waals surface area contributed by atoms with E-state index >= 15 is 0 Å². The first-order valence-electron chi connectivity index (χ1n) is 8.91. The van der Waals surface area contributed by atoms with Gasteiger partial charge in [-0.2, -0.15) is 0 Å². The Labute approximate surface area is 156 Å². The van der Waals surface area contributed by atoms with Crippen LogP contribution in [-0.4, -0.2) is 42.1 Å². The number of morpholine rings is 1. The van der Waals surface area contributed by atoms with Crippen molar-refractivity contribution in [3.05, 3.63) is 60.4 Å². The van der Waals surface area contributed by atoms with Gasteiger partial charge in [0.25, 0.3) is 0 Å². The number of carbonyl (C=O) groups excluding carboxylic acids is 2. The summed E-state index contributed by atoms with van der Waals surface area (Å²) in [6.45, 7) is 0.773. The molecule has 0 spiro atoms. The third-order valence-electron chi connectivity index (χ3n) is 4.92. The molecule has 3 amide bonds. The van der Waals surface area contributed by atoms with Crippen molar-refractivity contribution in [3.63, 3.8) is 0 Å². The smallest absolute Gasteiger partial charge is 0.322 e. The molecule has 0 aromatic heterocycles. The van der Waals surface area contributed by atoms with Gasteiger partial charge < -0.3 is 20.3 Å². The van der Waals surface area contributed by atoms with Gasteiger partial charge in [0.2, 0.25) is 5.91 Å². The van der Waals surface area contributed by atoms with E-state index < -0.39 is 0 Å². The number of amides is 3. The highest BCUT2D eigenvalue weighted by atomic mass is 19.1. The number of hydrogen-bond acceptors (Lipinski definition) is 3. The first-order chi connectivity index (χ1) is 13.1. The van der Waals surface area contributed by atoms with Crippen molar-refractivity contribution >= 4 is 23.3 Å². The maximum absolute atomic E-state index is 13.0. The van der Waals surface area contributed by atoms with Crippen molar-refractivity contribution in [1.82, 2.24) is 4.90 Å². The van der Waals surface area contributed by atoms with Gasteiger partial charge in [-0.3, -0.25) is 4.79 Å². The summed E-state index contributed by atoms with van der Waals surface area (Å²) >= 11 is 0. The zero-order valence-corrected chi connectivity index (χ0v) is 14.6. The number of para-hydroxylation sites is 1. The summed E-state index contributed by atoms with van der Waals surface area (Å²) in [5, 5.41) is 5.67. The van der Waals surface area contributed by atoms with Crippen LogP contribution in [0.3, 0.4) is 0 Å². The van der Waals surface area contributed by atoms with Gasteiger partial charge >= 0.3 is 6.03 Å². The Bertz CT molecular complexity index is 828. The maximum atomic E-state index is 13.0. The number of anilines is 2. The highest BCUT2D eigenvalue weighted by molar-refractivity contribution is 5.93. The Hall–Kier alpha value is -2.93. The summed E-state index contributed by atoms with van der Waals surface area (Å²) in [7, 11) is 0. The monoisotopic (exact) mass is 369 g/mol. The van der Waals surface area contributed by atoms with Gasteiger partial charge in [-0.25, -0.2) is 9.18 Å². The largest absolute Gasteiger partial charge is 0.370 e. The van der Waals surface area contributed by atoms with Gasteiger partial charge in [0, 0.05) is 24.5 Å². The minimum absolute atomic E-state index is 0.0884. The summed E-state index contributed by atoms with van der Waals surface area (Å²) in [6, 6.07) is 14.6. The number of carbonyl (C=O) groups is 2. The van der Waals surface area contributed by atoms with Gasteiger partial charge in [-0.05, 0) is 42.8 Å². The van der Waals surface area contributed by atoms with Crippen LogP contribution >= 0.6 is 0 Å². The molecule has 6 nitrogen and oxygen atoms in total. The van der Waals surface area contributed by atoms with Gasteiger partial charge in [0.05, 0.1) is 18.1 Å². The standard InChI is InChI=1S/C20H20FN3O3/c21-13-6-8-15(9-7-13)23-20(26)24-11-16-10-17(18(12-24)27-16)19(25)22-14-4-2-1-3-5-14/h1-9,16-18H,10-12H2,(H,22,25)(H,23,26). The molecule has 2 saturated heterocycles. The Morgan fingerprint density at radius 1 is 0.963 bits per heavy atom. The Kier molecular flexibility index (Phi) is 4.77. The first-order valence-corrected chi connectivity index (χ1v) is 8.91. The van der Waals surface area contributed by atoms with E-state index in [0.717, 1.165) is 5.69 Å². The second-order valence-corrected chi connectivity index (χ2v) is 6.84. The number of benzene rings is 2. The highest BCUT2D eigenvalue weighted by Gasteiger charge is 2.45. The van der Waals surface area contributed by atoms with Gasteiger partial charge in [0.1, 0.15) is 5.82 Å². The average molecular weight is 369 g/mol. The van der Waals surface area contributed by atoms with Gasteiger partial charge in [-0.15, -0.1) is 0 Å². The molecule has 27 heavy (non-hydrogen) atoms. The molecule has 2 aromatic carbocycles. The summed E-state index contributed by atoms with van der Waals surface area (Å²) < 4.78 is 18.9. The zero-order chi connectivity index (χ0) is 18.8. The van der Waals surface area contributed by atoms with Crippen LogP contribution < -0.4 is 10.6 Å². The minimum atomic E-state index is -0.357. The molecule has 2 aliphatic rings. The molecule has 140 valence electrons. The molecule has 0 saturated carbocycles. The molecular formula is C20H20FN3O3. The molecule has 2 aromatic rings. The predicted octanol–water partition coefficient (Wildman–Crippen LogP) is 3.09. The van der Waals surface area contributed by atoms with E-state index in [1.165, 1.54) is 24.3 Å². The van der Waals surface area contributed by atoms with Crippen molar-refractivity contribution in [1.29, 1.82) is 0 Å². The van der Waals surface area contributed by atoms with Crippen LogP contribution in [-0.2, 0) is 9.53 Å². The summed E-state index contributed by atoms with van der Waals surface area (Å²) in [5.41, 5.74) is 1.27. The molecule has 0 aliphatic carbocycles. The number of likely N-dealkylation sites (tertiary alicyclic amines) is 1. The molecule has 2 fully saturated rings. The summed E-state index contributed by atoms with van der Waals surface area (Å²) in [6.07, 6.45) is 0.101. The lowest BCUT2D eigenvalue weighted by Crippen LogP contribution is -2.49.